The Morgan fingerprint density at radius 2 is 2.12 bits per heavy atom. The molecular formula is C13H19N3O. The van der Waals surface area contributed by atoms with Gasteiger partial charge in [-0.2, -0.15) is 0 Å². The summed E-state index contributed by atoms with van der Waals surface area (Å²) >= 11 is 0. The van der Waals surface area contributed by atoms with Crippen LogP contribution in [0.5, 0.6) is 0 Å². The number of aryl methyl sites for hydroxylation is 1. The Labute approximate surface area is 102 Å². The number of nitrogens with zero attached hydrogens (tertiary/aromatic N) is 2. The molecular weight excluding hydrogens is 214 g/mol. The van der Waals surface area contributed by atoms with E-state index in [1.165, 1.54) is 30.5 Å². The SMILES string of the molecule is c1nc2c(c(NC3CCCOC3)n1)CCCC2. The van der Waals surface area contributed by atoms with Gasteiger partial charge in [0.25, 0.3) is 0 Å². The highest BCUT2D eigenvalue weighted by atomic mass is 16.5. The third-order valence-corrected chi connectivity index (χ3v) is 3.63. The second-order valence-electron chi connectivity index (χ2n) is 4.91. The van der Waals surface area contributed by atoms with E-state index >= 15 is 0 Å². The van der Waals surface area contributed by atoms with Crippen LogP contribution in [0.2, 0.25) is 0 Å². The summed E-state index contributed by atoms with van der Waals surface area (Å²) in [5.41, 5.74) is 2.58. The molecule has 0 amide bonds. The molecule has 1 unspecified atom stereocenters. The number of anilines is 1. The molecule has 1 aromatic heterocycles. The average molecular weight is 233 g/mol. The van der Waals surface area contributed by atoms with Gasteiger partial charge in [-0.1, -0.05) is 0 Å². The molecule has 0 spiro atoms. The monoisotopic (exact) mass is 233 g/mol. The van der Waals surface area contributed by atoms with Crippen LogP contribution >= 0.6 is 0 Å². The summed E-state index contributed by atoms with van der Waals surface area (Å²) in [6, 6.07) is 0.421. The van der Waals surface area contributed by atoms with E-state index in [0.717, 1.165) is 38.3 Å². The Kier molecular flexibility index (Phi) is 3.22. The van der Waals surface area contributed by atoms with Crippen molar-refractivity contribution in [1.82, 2.24) is 9.97 Å². The molecule has 1 aromatic rings. The highest BCUT2D eigenvalue weighted by molar-refractivity contribution is 5.47. The summed E-state index contributed by atoms with van der Waals surface area (Å²) in [6.45, 7) is 1.71. The maximum Gasteiger partial charge on any atom is 0.133 e. The topological polar surface area (TPSA) is 47.0 Å². The van der Waals surface area contributed by atoms with E-state index in [4.69, 9.17) is 4.74 Å². The minimum absolute atomic E-state index is 0.421. The lowest BCUT2D eigenvalue weighted by Crippen LogP contribution is -2.31. The number of ether oxygens (including phenoxy) is 1. The third kappa shape index (κ3) is 2.41. The maximum atomic E-state index is 5.49. The van der Waals surface area contributed by atoms with Crippen molar-refractivity contribution in [2.75, 3.05) is 18.5 Å². The smallest absolute Gasteiger partial charge is 0.133 e. The standard InChI is InChI=1S/C13H19N3O/c1-2-6-12-11(5-1)13(15-9-14-12)16-10-4-3-7-17-8-10/h9-10H,1-8H2,(H,14,15,16). The van der Waals surface area contributed by atoms with Crippen LogP contribution in [0.1, 0.15) is 36.9 Å². The van der Waals surface area contributed by atoms with Gasteiger partial charge < -0.3 is 10.1 Å². The van der Waals surface area contributed by atoms with Crippen molar-refractivity contribution in [3.05, 3.63) is 17.6 Å². The minimum atomic E-state index is 0.421. The fourth-order valence-electron chi connectivity index (χ4n) is 2.69. The lowest BCUT2D eigenvalue weighted by molar-refractivity contribution is 0.0875. The van der Waals surface area contributed by atoms with Gasteiger partial charge in [-0.15, -0.1) is 0 Å². The predicted molar refractivity (Wildman–Crippen MR) is 66.1 cm³/mol. The summed E-state index contributed by atoms with van der Waals surface area (Å²) in [6.07, 6.45) is 8.76. The van der Waals surface area contributed by atoms with Crippen molar-refractivity contribution in [1.29, 1.82) is 0 Å². The second kappa shape index (κ2) is 5.00. The van der Waals surface area contributed by atoms with Crippen LogP contribution in [0.25, 0.3) is 0 Å². The van der Waals surface area contributed by atoms with Gasteiger partial charge in [-0.05, 0) is 38.5 Å². The van der Waals surface area contributed by atoms with Crippen LogP contribution in [0, 0.1) is 0 Å². The molecule has 17 heavy (non-hydrogen) atoms. The van der Waals surface area contributed by atoms with Crippen LogP contribution in [-0.2, 0) is 17.6 Å². The van der Waals surface area contributed by atoms with E-state index in [2.05, 4.69) is 15.3 Å². The summed E-state index contributed by atoms with van der Waals surface area (Å²) in [5.74, 6) is 1.05. The molecule has 0 aromatic carbocycles. The van der Waals surface area contributed by atoms with Crippen molar-refractivity contribution < 1.29 is 4.74 Å². The number of hydrogen-bond donors (Lipinski definition) is 1. The van der Waals surface area contributed by atoms with E-state index in [9.17, 15) is 0 Å². The van der Waals surface area contributed by atoms with Gasteiger partial charge in [0.2, 0.25) is 0 Å². The van der Waals surface area contributed by atoms with Gasteiger partial charge in [0.1, 0.15) is 12.1 Å². The number of nitrogens with one attached hydrogen (secondary N) is 1. The lowest BCUT2D eigenvalue weighted by Gasteiger charge is -2.26. The lowest BCUT2D eigenvalue weighted by atomic mass is 9.96. The second-order valence-corrected chi connectivity index (χ2v) is 4.91. The maximum absolute atomic E-state index is 5.49. The molecule has 0 bridgehead atoms. The molecule has 2 heterocycles. The molecule has 0 radical (unpaired) electrons. The van der Waals surface area contributed by atoms with E-state index in [-0.39, 0.29) is 0 Å². The number of fused-ring (bicyclic) bond motifs is 1. The fraction of sp³-hybridized carbons (Fsp3) is 0.692. The molecule has 1 atom stereocenters. The van der Waals surface area contributed by atoms with Crippen molar-refractivity contribution in [3.8, 4) is 0 Å². The Hall–Kier alpha value is -1.16. The van der Waals surface area contributed by atoms with Gasteiger partial charge in [0, 0.05) is 17.9 Å². The molecule has 2 aliphatic rings. The Bertz CT molecular complexity index is 388. The van der Waals surface area contributed by atoms with Gasteiger partial charge >= 0.3 is 0 Å². The van der Waals surface area contributed by atoms with E-state index in [0.29, 0.717) is 6.04 Å². The van der Waals surface area contributed by atoms with Crippen molar-refractivity contribution >= 4 is 5.82 Å². The predicted octanol–water partition coefficient (Wildman–Crippen LogP) is 1.95. The Morgan fingerprint density at radius 3 is 3.00 bits per heavy atom. The van der Waals surface area contributed by atoms with Crippen LogP contribution in [-0.4, -0.2) is 29.2 Å². The largest absolute Gasteiger partial charge is 0.379 e. The molecule has 1 N–H and O–H groups in total. The minimum Gasteiger partial charge on any atom is -0.379 e. The Balaban J connectivity index is 1.77. The first-order chi connectivity index (χ1) is 8.43. The van der Waals surface area contributed by atoms with Gasteiger partial charge in [-0.25, -0.2) is 9.97 Å². The van der Waals surface area contributed by atoms with Crippen molar-refractivity contribution in [2.45, 2.75) is 44.6 Å². The first-order valence-electron chi connectivity index (χ1n) is 6.60. The van der Waals surface area contributed by atoms with Gasteiger partial charge in [-0.3, -0.25) is 0 Å². The first kappa shape index (κ1) is 11.0. The molecule has 1 aliphatic carbocycles. The number of aromatic nitrogens is 2. The zero-order chi connectivity index (χ0) is 11.5. The summed E-state index contributed by atoms with van der Waals surface area (Å²) < 4.78 is 5.49. The summed E-state index contributed by atoms with van der Waals surface area (Å²) in [4.78, 5) is 8.80. The highest BCUT2D eigenvalue weighted by Crippen LogP contribution is 2.25. The first-order valence-corrected chi connectivity index (χ1v) is 6.60. The highest BCUT2D eigenvalue weighted by Gasteiger charge is 2.19. The van der Waals surface area contributed by atoms with Crippen molar-refractivity contribution in [2.24, 2.45) is 0 Å². The zero-order valence-electron chi connectivity index (χ0n) is 10.1. The average Bonchev–Trinajstić information content (AvgIpc) is 2.40. The Morgan fingerprint density at radius 1 is 1.18 bits per heavy atom. The van der Waals surface area contributed by atoms with Crippen LogP contribution in [0.4, 0.5) is 5.82 Å². The van der Waals surface area contributed by atoms with Crippen LogP contribution in [0.3, 0.4) is 0 Å². The molecule has 4 nitrogen and oxygen atoms in total. The molecule has 1 aliphatic heterocycles. The molecule has 4 heteroatoms. The number of hydrogen-bond acceptors (Lipinski definition) is 4. The van der Waals surface area contributed by atoms with Gasteiger partial charge in [0.15, 0.2) is 0 Å². The van der Waals surface area contributed by atoms with E-state index in [1.54, 1.807) is 6.33 Å². The van der Waals surface area contributed by atoms with Crippen LogP contribution in [0.15, 0.2) is 6.33 Å². The summed E-state index contributed by atoms with van der Waals surface area (Å²) in [5, 5.41) is 3.53. The molecule has 92 valence electrons. The van der Waals surface area contributed by atoms with E-state index < -0.39 is 0 Å². The normalized spacial score (nSPS) is 24.1. The summed E-state index contributed by atoms with van der Waals surface area (Å²) in [7, 11) is 0. The quantitative estimate of drug-likeness (QED) is 0.848. The zero-order valence-corrected chi connectivity index (χ0v) is 10.1. The third-order valence-electron chi connectivity index (χ3n) is 3.63. The van der Waals surface area contributed by atoms with E-state index in [1.807, 2.05) is 0 Å². The molecule has 0 saturated carbocycles. The molecule has 1 fully saturated rings. The van der Waals surface area contributed by atoms with Crippen LogP contribution < -0.4 is 5.32 Å². The van der Waals surface area contributed by atoms with Gasteiger partial charge in [0.05, 0.1) is 12.6 Å². The van der Waals surface area contributed by atoms with Crippen molar-refractivity contribution in [3.63, 3.8) is 0 Å². The molecule has 1 saturated heterocycles. The fourth-order valence-corrected chi connectivity index (χ4v) is 2.69. The number of rotatable bonds is 2. The molecule has 3 rings (SSSR count).